The van der Waals surface area contributed by atoms with Crippen molar-refractivity contribution in [2.75, 3.05) is 20.3 Å². The number of hydrazone groups is 1. The van der Waals surface area contributed by atoms with Gasteiger partial charge in [-0.1, -0.05) is 43.1 Å². The van der Waals surface area contributed by atoms with Crippen LogP contribution in [-0.2, 0) is 4.79 Å². The summed E-state index contributed by atoms with van der Waals surface area (Å²) in [5, 5.41) is 15.8. The lowest BCUT2D eigenvalue weighted by molar-refractivity contribution is -0.114. The molecule has 0 aromatic heterocycles. The fourth-order valence-corrected chi connectivity index (χ4v) is 4.47. The van der Waals surface area contributed by atoms with Gasteiger partial charge in [0.15, 0.2) is 17.3 Å². The Bertz CT molecular complexity index is 1250. The van der Waals surface area contributed by atoms with Gasteiger partial charge in [0.1, 0.15) is 24.0 Å². The summed E-state index contributed by atoms with van der Waals surface area (Å²) < 4.78 is 17.0. The first-order chi connectivity index (χ1) is 16.8. The van der Waals surface area contributed by atoms with Gasteiger partial charge >= 0.3 is 0 Å². The van der Waals surface area contributed by atoms with Crippen molar-refractivity contribution in [3.05, 3.63) is 58.1 Å². The lowest BCUT2D eigenvalue weighted by Crippen LogP contribution is -2.35. The van der Waals surface area contributed by atoms with Crippen molar-refractivity contribution < 1.29 is 19.0 Å². The van der Waals surface area contributed by atoms with E-state index in [-0.39, 0.29) is 23.9 Å². The highest BCUT2D eigenvalue weighted by Crippen LogP contribution is 2.38. The number of amides is 1. The van der Waals surface area contributed by atoms with Crippen LogP contribution in [0, 0.1) is 18.3 Å². The number of thioether (sulfide) groups is 1. The lowest BCUT2D eigenvalue weighted by atomic mass is 10.1. The van der Waals surface area contributed by atoms with Crippen molar-refractivity contribution in [1.82, 2.24) is 5.01 Å². The summed E-state index contributed by atoms with van der Waals surface area (Å²) in [4.78, 5) is 16.8. The number of fused-ring (bicyclic) bond motifs is 1. The molecule has 0 atom stereocenters. The van der Waals surface area contributed by atoms with E-state index in [1.807, 2.05) is 45.0 Å². The molecule has 0 bridgehead atoms. The van der Waals surface area contributed by atoms with Crippen molar-refractivity contribution >= 4 is 51.4 Å². The minimum atomic E-state index is -0.502. The molecule has 2 aliphatic heterocycles. The highest BCUT2D eigenvalue weighted by atomic mass is 35.5. The standard InChI is InChI=1S/C25H25ClN4O4S/c1-14(2)24-29-30-22(27)18(23(31)28-25(30)35-24)11-16-12-19(26)21(20(13-16)32-4)34-10-9-33-17-7-5-15(3)6-8-17/h5-8,11-14,27H,9-10H2,1-4H3/b18-11+,27-22?. The molecule has 1 N–H and O–H groups in total. The number of halogens is 1. The molecule has 182 valence electrons. The largest absolute Gasteiger partial charge is 0.493 e. The van der Waals surface area contributed by atoms with Crippen molar-refractivity contribution in [3.63, 3.8) is 0 Å². The van der Waals surface area contributed by atoms with Gasteiger partial charge in [-0.05, 0) is 54.6 Å². The Morgan fingerprint density at radius 3 is 2.57 bits per heavy atom. The van der Waals surface area contributed by atoms with Crippen molar-refractivity contribution in [2.24, 2.45) is 16.0 Å². The Balaban J connectivity index is 1.49. The molecule has 35 heavy (non-hydrogen) atoms. The first kappa shape index (κ1) is 24.8. The smallest absolute Gasteiger partial charge is 0.283 e. The monoisotopic (exact) mass is 512 g/mol. The molecule has 2 aromatic carbocycles. The summed E-state index contributed by atoms with van der Waals surface area (Å²) in [7, 11) is 1.51. The van der Waals surface area contributed by atoms with Gasteiger partial charge in [-0.15, -0.1) is 0 Å². The number of nitrogens with one attached hydrogen (secondary N) is 1. The molecule has 2 aliphatic rings. The molecule has 0 spiro atoms. The summed E-state index contributed by atoms with van der Waals surface area (Å²) in [5.41, 5.74) is 1.84. The highest BCUT2D eigenvalue weighted by Gasteiger charge is 2.36. The van der Waals surface area contributed by atoms with E-state index in [2.05, 4.69) is 10.1 Å². The van der Waals surface area contributed by atoms with E-state index in [1.54, 1.807) is 18.2 Å². The van der Waals surface area contributed by atoms with Crippen LogP contribution in [0.3, 0.4) is 0 Å². The molecule has 8 nitrogen and oxygen atoms in total. The van der Waals surface area contributed by atoms with E-state index < -0.39 is 5.91 Å². The molecule has 0 radical (unpaired) electrons. The van der Waals surface area contributed by atoms with Gasteiger partial charge < -0.3 is 14.2 Å². The van der Waals surface area contributed by atoms with E-state index in [0.29, 0.717) is 33.9 Å². The molecule has 0 unspecified atom stereocenters. The zero-order chi connectivity index (χ0) is 25.1. The van der Waals surface area contributed by atoms with Gasteiger partial charge in [0.25, 0.3) is 5.91 Å². The van der Waals surface area contributed by atoms with Crippen LogP contribution in [0.2, 0.25) is 5.02 Å². The van der Waals surface area contributed by atoms with Gasteiger partial charge in [-0.3, -0.25) is 10.2 Å². The van der Waals surface area contributed by atoms with Crippen LogP contribution in [0.5, 0.6) is 17.2 Å². The number of carbonyl (C=O) groups is 1. The predicted octanol–water partition coefficient (Wildman–Crippen LogP) is 5.39. The Labute approximate surface area is 213 Å². The fraction of sp³-hybridized carbons (Fsp3) is 0.280. The molecule has 0 fully saturated rings. The topological polar surface area (TPSA) is 96.6 Å². The van der Waals surface area contributed by atoms with Crippen molar-refractivity contribution in [1.29, 1.82) is 5.41 Å². The maximum absolute atomic E-state index is 12.7. The number of nitrogens with zero attached hydrogens (tertiary/aromatic N) is 3. The molecule has 0 saturated heterocycles. The average Bonchev–Trinajstić information content (AvgIpc) is 3.26. The second-order valence-electron chi connectivity index (χ2n) is 8.16. The van der Waals surface area contributed by atoms with E-state index in [4.69, 9.17) is 31.2 Å². The normalized spacial score (nSPS) is 16.4. The summed E-state index contributed by atoms with van der Waals surface area (Å²) in [5.74, 6) is 1.16. The first-order valence-electron chi connectivity index (χ1n) is 11.0. The number of ether oxygens (including phenoxy) is 3. The van der Waals surface area contributed by atoms with E-state index in [1.165, 1.54) is 23.9 Å². The SMILES string of the molecule is COc1cc(/C=C2\C(=N)N3N=C(C(C)C)SC3=NC2=O)cc(Cl)c1OCCOc1ccc(C)cc1. The van der Waals surface area contributed by atoms with Gasteiger partial charge in [0.05, 0.1) is 17.7 Å². The number of carbonyl (C=O) groups excluding carboxylic acids is 1. The second-order valence-corrected chi connectivity index (χ2v) is 9.55. The molecule has 10 heteroatoms. The van der Waals surface area contributed by atoms with Crippen molar-refractivity contribution in [2.45, 2.75) is 20.8 Å². The molecule has 0 aliphatic carbocycles. The van der Waals surface area contributed by atoms with Gasteiger partial charge in [-0.2, -0.15) is 15.1 Å². The summed E-state index contributed by atoms with van der Waals surface area (Å²) in [6.07, 6.45) is 1.55. The Morgan fingerprint density at radius 1 is 1.17 bits per heavy atom. The summed E-state index contributed by atoms with van der Waals surface area (Å²) >= 11 is 7.79. The molecule has 2 heterocycles. The number of rotatable bonds is 8. The molecule has 2 aromatic rings. The van der Waals surface area contributed by atoms with Crippen LogP contribution in [-0.4, -0.2) is 47.3 Å². The Kier molecular flexibility index (Phi) is 7.47. The molecular formula is C25H25ClN4O4S. The molecule has 1 amide bonds. The van der Waals surface area contributed by atoms with Gasteiger partial charge in [-0.25, -0.2) is 0 Å². The van der Waals surface area contributed by atoms with Crippen LogP contribution < -0.4 is 14.2 Å². The zero-order valence-corrected chi connectivity index (χ0v) is 21.4. The maximum atomic E-state index is 12.7. The minimum Gasteiger partial charge on any atom is -0.493 e. The summed E-state index contributed by atoms with van der Waals surface area (Å²) in [6, 6.07) is 11.1. The van der Waals surface area contributed by atoms with Crippen LogP contribution in [0.25, 0.3) is 6.08 Å². The molecule has 0 saturated carbocycles. The van der Waals surface area contributed by atoms with Crippen LogP contribution in [0.4, 0.5) is 0 Å². The third-order valence-corrected chi connectivity index (χ3v) is 6.64. The predicted molar refractivity (Wildman–Crippen MR) is 140 cm³/mol. The number of amidine groups is 2. The lowest BCUT2D eigenvalue weighted by Gasteiger charge is -2.20. The maximum Gasteiger partial charge on any atom is 0.283 e. The minimum absolute atomic E-state index is 0.0354. The summed E-state index contributed by atoms with van der Waals surface area (Å²) in [6.45, 7) is 6.60. The van der Waals surface area contributed by atoms with E-state index in [0.717, 1.165) is 16.4 Å². The highest BCUT2D eigenvalue weighted by molar-refractivity contribution is 8.27. The van der Waals surface area contributed by atoms with Crippen LogP contribution in [0.1, 0.15) is 25.0 Å². The van der Waals surface area contributed by atoms with Crippen molar-refractivity contribution in [3.8, 4) is 17.2 Å². The third kappa shape index (κ3) is 5.52. The number of aryl methyl sites for hydroxylation is 1. The number of aliphatic imine (C=N–C) groups is 1. The van der Waals surface area contributed by atoms with Crippen LogP contribution >= 0.6 is 23.4 Å². The number of hydrogen-bond acceptors (Lipinski definition) is 7. The molecular weight excluding hydrogens is 488 g/mol. The van der Waals surface area contributed by atoms with E-state index in [9.17, 15) is 4.79 Å². The Morgan fingerprint density at radius 2 is 1.89 bits per heavy atom. The number of hydrogen-bond donors (Lipinski definition) is 1. The Hall–Kier alpha value is -3.30. The first-order valence-corrected chi connectivity index (χ1v) is 12.2. The fourth-order valence-electron chi connectivity index (χ4n) is 3.31. The van der Waals surface area contributed by atoms with Gasteiger partial charge in [0.2, 0.25) is 5.17 Å². The number of methoxy groups -OCH3 is 1. The zero-order valence-electron chi connectivity index (χ0n) is 19.8. The average molecular weight is 513 g/mol. The number of benzene rings is 2. The quantitative estimate of drug-likeness (QED) is 0.376. The molecule has 4 rings (SSSR count). The second kappa shape index (κ2) is 10.5. The van der Waals surface area contributed by atoms with Gasteiger partial charge in [0, 0.05) is 5.92 Å². The van der Waals surface area contributed by atoms with E-state index >= 15 is 0 Å². The van der Waals surface area contributed by atoms with Crippen LogP contribution in [0.15, 0.2) is 52.1 Å². The third-order valence-electron chi connectivity index (χ3n) is 5.15.